The van der Waals surface area contributed by atoms with Crippen molar-refractivity contribution in [2.24, 2.45) is 0 Å². The predicted octanol–water partition coefficient (Wildman–Crippen LogP) is 4.63. The van der Waals surface area contributed by atoms with E-state index in [1.165, 1.54) is 12.1 Å². The molecule has 0 spiro atoms. The van der Waals surface area contributed by atoms with Crippen LogP contribution in [-0.2, 0) is 22.2 Å². The smallest absolute Gasteiger partial charge is 0.416 e. The number of carboxylic acids is 1. The number of aliphatic carboxylic acids is 1. The lowest BCUT2D eigenvalue weighted by Gasteiger charge is -2.23. The van der Waals surface area contributed by atoms with Crippen LogP contribution in [0.1, 0.15) is 28.2 Å². The maximum atomic E-state index is 12.9. The molecule has 31 heavy (non-hydrogen) atoms. The molecule has 158 valence electrons. The van der Waals surface area contributed by atoms with Crippen molar-refractivity contribution in [3.05, 3.63) is 95.1 Å². The van der Waals surface area contributed by atoms with E-state index in [1.54, 1.807) is 12.1 Å². The monoisotopic (exact) mass is 425 g/mol. The van der Waals surface area contributed by atoms with Crippen molar-refractivity contribution >= 4 is 11.9 Å². The standard InChI is InChI=1S/C24H18F3NO3/c25-24(26,27)15-7-5-6-14(12-15)13-20(29)28-22(23(30)31)21-18-10-3-1-8-16(18)17-9-2-4-11-19(17)21/h1-12,21-22H,13H2,(H,28,29)(H,30,31)/t22-/m0/s1. The van der Waals surface area contributed by atoms with Crippen molar-refractivity contribution in [3.8, 4) is 11.1 Å². The van der Waals surface area contributed by atoms with Gasteiger partial charge in [-0.3, -0.25) is 4.79 Å². The van der Waals surface area contributed by atoms with Gasteiger partial charge in [-0.25, -0.2) is 4.79 Å². The maximum absolute atomic E-state index is 12.9. The van der Waals surface area contributed by atoms with Crippen LogP contribution in [0.3, 0.4) is 0 Å². The topological polar surface area (TPSA) is 66.4 Å². The SMILES string of the molecule is O=C(Cc1cccc(C(F)(F)F)c1)N[C@H](C(=O)O)C1c2ccccc2-c2ccccc21. The van der Waals surface area contributed by atoms with Crippen molar-refractivity contribution < 1.29 is 27.9 Å². The molecule has 0 saturated carbocycles. The number of benzene rings is 3. The van der Waals surface area contributed by atoms with Gasteiger partial charge < -0.3 is 10.4 Å². The molecule has 1 amide bonds. The first kappa shape index (κ1) is 20.7. The van der Waals surface area contributed by atoms with Crippen LogP contribution < -0.4 is 5.32 Å². The normalized spacial score (nSPS) is 13.9. The highest BCUT2D eigenvalue weighted by atomic mass is 19.4. The zero-order valence-electron chi connectivity index (χ0n) is 16.2. The molecule has 0 bridgehead atoms. The van der Waals surface area contributed by atoms with E-state index in [1.807, 2.05) is 36.4 Å². The minimum absolute atomic E-state index is 0.156. The van der Waals surface area contributed by atoms with E-state index in [0.29, 0.717) is 0 Å². The third-order valence-corrected chi connectivity index (χ3v) is 5.42. The summed E-state index contributed by atoms with van der Waals surface area (Å²) in [5, 5.41) is 12.4. The van der Waals surface area contributed by atoms with Gasteiger partial charge in [-0.1, -0.05) is 66.7 Å². The number of hydrogen-bond donors (Lipinski definition) is 2. The largest absolute Gasteiger partial charge is 0.480 e. The lowest BCUT2D eigenvalue weighted by atomic mass is 9.89. The number of hydrogen-bond acceptors (Lipinski definition) is 2. The first-order chi connectivity index (χ1) is 14.8. The summed E-state index contributed by atoms with van der Waals surface area (Å²) >= 11 is 0. The Morgan fingerprint density at radius 1 is 0.903 bits per heavy atom. The summed E-state index contributed by atoms with van der Waals surface area (Å²) in [6.45, 7) is 0. The van der Waals surface area contributed by atoms with E-state index in [-0.39, 0.29) is 12.0 Å². The fraction of sp³-hybridized carbons (Fsp3) is 0.167. The molecule has 1 aliphatic rings. The molecule has 0 saturated heterocycles. The quantitative estimate of drug-likeness (QED) is 0.627. The van der Waals surface area contributed by atoms with Crippen LogP contribution in [0.5, 0.6) is 0 Å². The summed E-state index contributed by atoms with van der Waals surface area (Å²) < 4.78 is 38.8. The first-order valence-electron chi connectivity index (χ1n) is 9.62. The molecule has 4 rings (SSSR count). The number of nitrogens with one attached hydrogen (secondary N) is 1. The Hall–Kier alpha value is -3.61. The molecule has 7 heteroatoms. The van der Waals surface area contributed by atoms with Crippen LogP contribution in [0.4, 0.5) is 13.2 Å². The molecule has 3 aromatic carbocycles. The van der Waals surface area contributed by atoms with Crippen LogP contribution in [0, 0.1) is 0 Å². The first-order valence-corrected chi connectivity index (χ1v) is 9.62. The average molecular weight is 425 g/mol. The van der Waals surface area contributed by atoms with Gasteiger partial charge in [0.2, 0.25) is 5.91 Å². The highest BCUT2D eigenvalue weighted by Crippen LogP contribution is 2.46. The van der Waals surface area contributed by atoms with Crippen LogP contribution in [0.25, 0.3) is 11.1 Å². The van der Waals surface area contributed by atoms with Gasteiger partial charge in [-0.15, -0.1) is 0 Å². The van der Waals surface area contributed by atoms with E-state index < -0.39 is 35.6 Å². The summed E-state index contributed by atoms with van der Waals surface area (Å²) in [7, 11) is 0. The van der Waals surface area contributed by atoms with Gasteiger partial charge in [0.05, 0.1) is 12.0 Å². The van der Waals surface area contributed by atoms with Crippen LogP contribution in [0.15, 0.2) is 72.8 Å². The Labute approximate surface area is 176 Å². The summed E-state index contributed by atoms with van der Waals surface area (Å²) in [4.78, 5) is 24.7. The predicted molar refractivity (Wildman–Crippen MR) is 108 cm³/mol. The molecule has 0 unspecified atom stereocenters. The number of amides is 1. The molecule has 1 aliphatic carbocycles. The lowest BCUT2D eigenvalue weighted by Crippen LogP contribution is -2.45. The van der Waals surface area contributed by atoms with Gasteiger partial charge in [0.1, 0.15) is 6.04 Å². The molecule has 0 radical (unpaired) electrons. The minimum atomic E-state index is -4.52. The van der Waals surface area contributed by atoms with Crippen molar-refractivity contribution in [2.45, 2.75) is 24.6 Å². The third-order valence-electron chi connectivity index (χ3n) is 5.42. The Bertz CT molecular complexity index is 1110. The second-order valence-corrected chi connectivity index (χ2v) is 7.41. The van der Waals surface area contributed by atoms with Gasteiger partial charge in [0.25, 0.3) is 0 Å². The maximum Gasteiger partial charge on any atom is 0.416 e. The van der Waals surface area contributed by atoms with Crippen LogP contribution in [-0.4, -0.2) is 23.0 Å². The molecule has 0 fully saturated rings. The highest BCUT2D eigenvalue weighted by Gasteiger charge is 2.39. The Morgan fingerprint density at radius 2 is 1.48 bits per heavy atom. The second-order valence-electron chi connectivity index (χ2n) is 7.41. The summed E-state index contributed by atoms with van der Waals surface area (Å²) in [6.07, 6.45) is -4.88. The zero-order valence-corrected chi connectivity index (χ0v) is 16.2. The number of halogens is 3. The zero-order chi connectivity index (χ0) is 22.2. The number of alkyl halides is 3. The van der Waals surface area contributed by atoms with E-state index in [9.17, 15) is 27.9 Å². The van der Waals surface area contributed by atoms with Crippen LogP contribution >= 0.6 is 0 Å². The van der Waals surface area contributed by atoms with Crippen molar-refractivity contribution in [2.75, 3.05) is 0 Å². The fourth-order valence-electron chi connectivity index (χ4n) is 4.11. The number of carboxylic acid groups (broad SMARTS) is 1. The van der Waals surface area contributed by atoms with E-state index in [4.69, 9.17) is 0 Å². The Morgan fingerprint density at radius 3 is 2.03 bits per heavy atom. The Kier molecular flexibility index (Phi) is 5.27. The van der Waals surface area contributed by atoms with E-state index in [0.717, 1.165) is 34.4 Å². The van der Waals surface area contributed by atoms with Crippen molar-refractivity contribution in [1.29, 1.82) is 0 Å². The second kappa shape index (κ2) is 7.91. The van der Waals surface area contributed by atoms with Gasteiger partial charge >= 0.3 is 12.1 Å². The van der Waals surface area contributed by atoms with Crippen molar-refractivity contribution in [1.82, 2.24) is 5.32 Å². The average Bonchev–Trinajstić information content (AvgIpc) is 3.06. The molecule has 0 heterocycles. The molecule has 0 aromatic heterocycles. The Balaban J connectivity index is 1.61. The number of fused-ring (bicyclic) bond motifs is 3. The molecule has 0 aliphatic heterocycles. The number of rotatable bonds is 5. The van der Waals surface area contributed by atoms with Gasteiger partial charge in [-0.05, 0) is 33.9 Å². The van der Waals surface area contributed by atoms with Gasteiger partial charge in [-0.2, -0.15) is 13.2 Å². The summed E-state index contributed by atoms with van der Waals surface area (Å²) in [5.74, 6) is -2.47. The molecular weight excluding hydrogens is 407 g/mol. The molecule has 4 nitrogen and oxygen atoms in total. The molecule has 2 N–H and O–H groups in total. The third kappa shape index (κ3) is 4.03. The number of carbonyl (C=O) groups is 2. The van der Waals surface area contributed by atoms with Crippen LogP contribution in [0.2, 0.25) is 0 Å². The lowest BCUT2D eigenvalue weighted by molar-refractivity contribution is -0.142. The highest BCUT2D eigenvalue weighted by molar-refractivity contribution is 5.89. The van der Waals surface area contributed by atoms with Gasteiger partial charge in [0, 0.05) is 5.92 Å². The van der Waals surface area contributed by atoms with E-state index >= 15 is 0 Å². The summed E-state index contributed by atoms with van der Waals surface area (Å²) in [5.41, 5.74) is 2.68. The fourth-order valence-corrected chi connectivity index (χ4v) is 4.11. The minimum Gasteiger partial charge on any atom is -0.480 e. The summed E-state index contributed by atoms with van der Waals surface area (Å²) in [6, 6.07) is 18.0. The number of carbonyl (C=O) groups excluding carboxylic acids is 1. The van der Waals surface area contributed by atoms with Gasteiger partial charge in [0.15, 0.2) is 0 Å². The molecular formula is C24H18F3NO3. The molecule has 3 aromatic rings. The molecule has 1 atom stereocenters. The van der Waals surface area contributed by atoms with E-state index in [2.05, 4.69) is 5.32 Å². The van der Waals surface area contributed by atoms with Crippen molar-refractivity contribution in [3.63, 3.8) is 0 Å².